The third-order valence-electron chi connectivity index (χ3n) is 3.82. The standard InChI is InChI=1S/C12H20N4O11P2/c13-9-1-2-16(12(20)14-9)10-3-7(17)8(27-10)4-26-29(24,25)15-6(11(18)19)5-28(21,22)23/h1-2,6-8,10,17H,3-5H2,(H,18,19)(H2,13,14,20)(H2,15,24,25)(H2,21,22,23)/t6-,7-,8+,10+/m0/s1. The molecule has 0 aromatic carbocycles. The van der Waals surface area contributed by atoms with Crippen LogP contribution in [0.2, 0.25) is 0 Å². The first-order valence-corrected chi connectivity index (χ1v) is 11.4. The van der Waals surface area contributed by atoms with E-state index in [1.54, 1.807) is 5.09 Å². The molecule has 29 heavy (non-hydrogen) atoms. The van der Waals surface area contributed by atoms with Crippen LogP contribution < -0.4 is 16.5 Å². The summed E-state index contributed by atoms with van der Waals surface area (Å²) < 4.78 is 34.1. The zero-order valence-corrected chi connectivity index (χ0v) is 16.4. The highest BCUT2D eigenvalue weighted by Crippen LogP contribution is 2.42. The first-order chi connectivity index (χ1) is 13.3. The Bertz CT molecular complexity index is 902. The van der Waals surface area contributed by atoms with Crippen molar-refractivity contribution in [2.75, 3.05) is 18.5 Å². The second-order valence-corrected chi connectivity index (χ2v) is 9.41. The number of hydrogen-bond donors (Lipinski definition) is 7. The number of aliphatic carboxylic acids is 1. The normalized spacial score (nSPS) is 25.4. The maximum absolute atomic E-state index is 12.0. The molecular weight excluding hydrogens is 438 g/mol. The Labute approximate surface area is 162 Å². The van der Waals surface area contributed by atoms with Crippen molar-refractivity contribution in [3.05, 3.63) is 22.7 Å². The Morgan fingerprint density at radius 1 is 1.45 bits per heavy atom. The monoisotopic (exact) mass is 458 g/mol. The molecule has 0 spiro atoms. The van der Waals surface area contributed by atoms with Crippen LogP contribution in [0.3, 0.4) is 0 Å². The van der Waals surface area contributed by atoms with Gasteiger partial charge in [0.05, 0.1) is 18.9 Å². The van der Waals surface area contributed by atoms with Crippen LogP contribution in [0.1, 0.15) is 12.6 Å². The lowest BCUT2D eigenvalue weighted by molar-refractivity contribution is -0.138. The summed E-state index contributed by atoms with van der Waals surface area (Å²) >= 11 is 0. The number of ether oxygens (including phenoxy) is 1. The Morgan fingerprint density at radius 3 is 2.66 bits per heavy atom. The summed E-state index contributed by atoms with van der Waals surface area (Å²) in [5.74, 6) is -1.79. The summed E-state index contributed by atoms with van der Waals surface area (Å²) in [5.41, 5.74) is 4.65. The molecule has 1 aromatic rings. The van der Waals surface area contributed by atoms with Crippen molar-refractivity contribution < 1.29 is 48.1 Å². The van der Waals surface area contributed by atoms with Gasteiger partial charge >= 0.3 is 27.0 Å². The van der Waals surface area contributed by atoms with E-state index in [1.165, 1.54) is 12.3 Å². The third-order valence-corrected chi connectivity index (χ3v) is 5.80. The van der Waals surface area contributed by atoms with Crippen LogP contribution >= 0.6 is 15.3 Å². The third kappa shape index (κ3) is 6.96. The van der Waals surface area contributed by atoms with Gasteiger partial charge in [-0.15, -0.1) is 0 Å². The summed E-state index contributed by atoms with van der Waals surface area (Å²) in [6, 6.07) is -0.729. The van der Waals surface area contributed by atoms with Gasteiger partial charge in [0.2, 0.25) is 0 Å². The lowest BCUT2D eigenvalue weighted by Gasteiger charge is -2.21. The molecule has 17 heteroatoms. The van der Waals surface area contributed by atoms with E-state index in [1.807, 2.05) is 0 Å². The number of rotatable bonds is 9. The number of anilines is 1. The van der Waals surface area contributed by atoms with Crippen LogP contribution in [0.25, 0.3) is 0 Å². The fourth-order valence-electron chi connectivity index (χ4n) is 2.50. The summed E-state index contributed by atoms with van der Waals surface area (Å²) in [7, 11) is -9.64. The van der Waals surface area contributed by atoms with E-state index < -0.39 is 64.2 Å². The van der Waals surface area contributed by atoms with E-state index in [9.17, 15) is 28.7 Å². The summed E-state index contributed by atoms with van der Waals surface area (Å²) in [5, 5.41) is 20.6. The lowest BCUT2D eigenvalue weighted by Crippen LogP contribution is -2.38. The molecule has 1 unspecified atom stereocenters. The minimum atomic E-state index is -4.84. The fraction of sp³-hybridized carbons (Fsp3) is 0.583. The molecule has 0 saturated carbocycles. The number of carbonyl (C=O) groups is 1. The highest BCUT2D eigenvalue weighted by molar-refractivity contribution is 7.52. The largest absolute Gasteiger partial charge is 0.480 e. The van der Waals surface area contributed by atoms with Crippen molar-refractivity contribution in [1.82, 2.24) is 14.6 Å². The summed E-state index contributed by atoms with van der Waals surface area (Å²) in [6.45, 7) is -0.683. The number of nitrogens with zero attached hydrogens (tertiary/aromatic N) is 2. The van der Waals surface area contributed by atoms with E-state index in [2.05, 4.69) is 9.51 Å². The molecule has 1 aromatic heterocycles. The maximum atomic E-state index is 12.0. The highest BCUT2D eigenvalue weighted by Gasteiger charge is 2.39. The van der Waals surface area contributed by atoms with Crippen molar-refractivity contribution >= 4 is 27.1 Å². The Hall–Kier alpha value is -1.67. The van der Waals surface area contributed by atoms with Crippen LogP contribution in [0.4, 0.5) is 5.82 Å². The molecule has 1 aliphatic heterocycles. The number of hydrogen-bond acceptors (Lipinski definition) is 9. The van der Waals surface area contributed by atoms with Gasteiger partial charge in [0, 0.05) is 12.6 Å². The van der Waals surface area contributed by atoms with E-state index in [4.69, 9.17) is 25.4 Å². The first kappa shape index (κ1) is 23.6. The average molecular weight is 458 g/mol. The number of nitrogens with two attached hydrogens (primary N) is 1. The Morgan fingerprint density at radius 2 is 2.10 bits per heavy atom. The van der Waals surface area contributed by atoms with Crippen LogP contribution in [-0.4, -0.2) is 71.4 Å². The van der Waals surface area contributed by atoms with Gasteiger partial charge in [-0.25, -0.2) is 14.4 Å². The van der Waals surface area contributed by atoms with E-state index in [0.717, 1.165) is 4.57 Å². The van der Waals surface area contributed by atoms with Crippen molar-refractivity contribution in [3.8, 4) is 0 Å². The van der Waals surface area contributed by atoms with E-state index >= 15 is 0 Å². The van der Waals surface area contributed by atoms with E-state index in [-0.39, 0.29) is 12.2 Å². The molecule has 2 heterocycles. The van der Waals surface area contributed by atoms with Crippen molar-refractivity contribution in [2.24, 2.45) is 0 Å². The van der Waals surface area contributed by atoms with Gasteiger partial charge < -0.3 is 35.4 Å². The first-order valence-electron chi connectivity index (χ1n) is 7.98. The zero-order valence-electron chi connectivity index (χ0n) is 14.6. The topological polar surface area (TPSA) is 244 Å². The Balaban J connectivity index is 1.99. The molecule has 8 N–H and O–H groups in total. The van der Waals surface area contributed by atoms with Crippen molar-refractivity contribution in [2.45, 2.75) is 30.9 Å². The molecule has 0 amide bonds. The SMILES string of the molecule is Nc1ccn([C@H]2C[C@H](O)[C@@H](COP(=O)(O)N[C@@H](CP(=O)(O)O)C(=O)O)O2)c(=O)n1. The predicted octanol–water partition coefficient (Wildman–Crippen LogP) is -2.19. The number of aliphatic hydroxyl groups excluding tert-OH is 1. The molecular formula is C12H20N4O11P2. The molecule has 2 rings (SSSR count). The quantitative estimate of drug-likeness (QED) is 0.194. The van der Waals surface area contributed by atoms with Crippen molar-refractivity contribution in [3.63, 3.8) is 0 Å². The second kappa shape index (κ2) is 9.00. The molecule has 1 fully saturated rings. The van der Waals surface area contributed by atoms with Gasteiger partial charge in [-0.2, -0.15) is 4.98 Å². The summed E-state index contributed by atoms with van der Waals surface area (Å²) in [6.07, 6.45) is -3.33. The zero-order chi connectivity index (χ0) is 22.0. The van der Waals surface area contributed by atoms with Gasteiger partial charge in [-0.3, -0.25) is 18.5 Å². The fourth-order valence-corrected chi connectivity index (χ4v) is 4.39. The molecule has 5 atom stereocenters. The Kier molecular flexibility index (Phi) is 7.32. The molecule has 1 aliphatic rings. The number of nitrogen functional groups attached to an aromatic ring is 1. The number of aromatic nitrogens is 2. The number of aliphatic hydroxyl groups is 1. The molecule has 164 valence electrons. The van der Waals surface area contributed by atoms with Gasteiger partial charge in [0.1, 0.15) is 24.2 Å². The lowest BCUT2D eigenvalue weighted by atomic mass is 10.2. The summed E-state index contributed by atoms with van der Waals surface area (Å²) in [4.78, 5) is 53.8. The number of nitrogens with one attached hydrogen (secondary N) is 1. The molecule has 1 saturated heterocycles. The maximum Gasteiger partial charge on any atom is 0.403 e. The van der Waals surface area contributed by atoms with Gasteiger partial charge in [0.25, 0.3) is 0 Å². The number of carboxylic acid groups (broad SMARTS) is 1. The van der Waals surface area contributed by atoms with Gasteiger partial charge in [0.15, 0.2) is 0 Å². The van der Waals surface area contributed by atoms with Gasteiger partial charge in [-0.05, 0) is 6.07 Å². The van der Waals surface area contributed by atoms with Crippen LogP contribution in [0, 0.1) is 0 Å². The van der Waals surface area contributed by atoms with Crippen LogP contribution in [0.15, 0.2) is 17.1 Å². The van der Waals surface area contributed by atoms with Crippen molar-refractivity contribution in [1.29, 1.82) is 0 Å². The van der Waals surface area contributed by atoms with Crippen LogP contribution in [0.5, 0.6) is 0 Å². The van der Waals surface area contributed by atoms with E-state index in [0.29, 0.717) is 0 Å². The molecule has 15 nitrogen and oxygen atoms in total. The molecule has 0 radical (unpaired) electrons. The van der Waals surface area contributed by atoms with Crippen LogP contribution in [-0.2, 0) is 23.2 Å². The number of carboxylic acids is 1. The molecule has 0 aliphatic carbocycles. The second-order valence-electron chi connectivity index (χ2n) is 6.16. The minimum Gasteiger partial charge on any atom is -0.480 e. The minimum absolute atomic E-state index is 0.0136. The highest BCUT2D eigenvalue weighted by atomic mass is 31.2. The molecule has 0 bridgehead atoms. The average Bonchev–Trinajstić information content (AvgIpc) is 2.91. The van der Waals surface area contributed by atoms with Gasteiger partial charge in [-0.1, -0.05) is 0 Å². The smallest absolute Gasteiger partial charge is 0.403 e. The predicted molar refractivity (Wildman–Crippen MR) is 94.7 cm³/mol.